The fourth-order valence-electron chi connectivity index (χ4n) is 3.61. The lowest BCUT2D eigenvalue weighted by Crippen LogP contribution is -2.47. The van der Waals surface area contributed by atoms with Gasteiger partial charge in [-0.25, -0.2) is 9.78 Å². The maximum absolute atomic E-state index is 12.5. The van der Waals surface area contributed by atoms with Gasteiger partial charge in [-0.2, -0.15) is 11.8 Å². The molecule has 3 rings (SSSR count). The fraction of sp³-hybridized carbons (Fsp3) is 0.750. The van der Waals surface area contributed by atoms with Gasteiger partial charge in [-0.05, 0) is 37.9 Å². The van der Waals surface area contributed by atoms with Crippen LogP contribution in [0.1, 0.15) is 50.8 Å². The van der Waals surface area contributed by atoms with Crippen molar-refractivity contribution >= 4 is 17.8 Å². The molecule has 1 aliphatic heterocycles. The maximum Gasteiger partial charge on any atom is 0.317 e. The van der Waals surface area contributed by atoms with E-state index in [1.165, 1.54) is 12.2 Å². The van der Waals surface area contributed by atoms with Crippen molar-refractivity contribution in [2.45, 2.75) is 56.2 Å². The topological polar surface area (TPSA) is 61.0 Å². The number of likely N-dealkylation sites (tertiary alicyclic amines) is 1. The number of aromatic amines is 1. The summed E-state index contributed by atoms with van der Waals surface area (Å²) in [6.07, 6.45) is 9.29. The van der Waals surface area contributed by atoms with Gasteiger partial charge in [-0.15, -0.1) is 0 Å². The lowest BCUT2D eigenvalue weighted by molar-refractivity contribution is 0.175. The molecule has 0 radical (unpaired) electrons. The highest BCUT2D eigenvalue weighted by molar-refractivity contribution is 7.99. The first kappa shape index (κ1) is 15.7. The van der Waals surface area contributed by atoms with Gasteiger partial charge in [0.25, 0.3) is 0 Å². The lowest BCUT2D eigenvalue weighted by atomic mass is 9.97. The second kappa shape index (κ2) is 7.40. The van der Waals surface area contributed by atoms with Crippen molar-refractivity contribution in [3.05, 3.63) is 18.2 Å². The minimum absolute atomic E-state index is 0.114. The average molecular weight is 322 g/mol. The summed E-state index contributed by atoms with van der Waals surface area (Å²) in [5.41, 5.74) is 0. The predicted octanol–water partition coefficient (Wildman–Crippen LogP) is 2.97. The molecule has 2 fully saturated rings. The van der Waals surface area contributed by atoms with Crippen LogP contribution in [0.2, 0.25) is 0 Å². The molecule has 1 aromatic heterocycles. The quantitative estimate of drug-likeness (QED) is 0.896. The summed E-state index contributed by atoms with van der Waals surface area (Å²) in [6, 6.07) is 0.476. The molecule has 2 heterocycles. The zero-order valence-electron chi connectivity index (χ0n) is 13.3. The number of imidazole rings is 1. The Balaban J connectivity index is 1.50. The van der Waals surface area contributed by atoms with Gasteiger partial charge in [-0.1, -0.05) is 6.92 Å². The van der Waals surface area contributed by atoms with Crippen LogP contribution in [0.4, 0.5) is 4.79 Å². The van der Waals surface area contributed by atoms with Crippen molar-refractivity contribution in [1.29, 1.82) is 0 Å². The minimum Gasteiger partial charge on any atom is -0.348 e. The first-order valence-electron chi connectivity index (χ1n) is 8.42. The first-order valence-corrected chi connectivity index (χ1v) is 9.47. The molecule has 0 unspecified atom stereocenters. The number of H-pyrrole nitrogens is 1. The number of amides is 2. The summed E-state index contributed by atoms with van der Waals surface area (Å²) in [7, 11) is 0. The van der Waals surface area contributed by atoms with Gasteiger partial charge in [0.15, 0.2) is 0 Å². The van der Waals surface area contributed by atoms with Gasteiger partial charge in [-0.3, -0.25) is 0 Å². The molecule has 3 atom stereocenters. The number of carbonyl (C=O) groups excluding carboxylic acids is 1. The Morgan fingerprint density at radius 1 is 1.50 bits per heavy atom. The SMILES string of the molecule is CCS[C@@H]1CC[C@H](NC(=O)N2CCC[C@@H](c3ncc[nH]3)C2)C1. The van der Waals surface area contributed by atoms with Gasteiger partial charge in [0, 0.05) is 42.7 Å². The molecule has 5 nitrogen and oxygen atoms in total. The lowest BCUT2D eigenvalue weighted by Gasteiger charge is -2.32. The molecule has 1 saturated heterocycles. The Hall–Kier alpha value is -1.17. The number of nitrogens with one attached hydrogen (secondary N) is 2. The third-order valence-electron chi connectivity index (χ3n) is 4.73. The van der Waals surface area contributed by atoms with E-state index in [-0.39, 0.29) is 6.03 Å². The number of urea groups is 1. The molecule has 1 aromatic rings. The number of piperidine rings is 1. The van der Waals surface area contributed by atoms with Gasteiger partial charge < -0.3 is 15.2 Å². The predicted molar refractivity (Wildman–Crippen MR) is 90.2 cm³/mol. The molecular weight excluding hydrogens is 296 g/mol. The van der Waals surface area contributed by atoms with Crippen LogP contribution < -0.4 is 5.32 Å². The number of rotatable bonds is 4. The summed E-state index contributed by atoms with van der Waals surface area (Å²) in [6.45, 7) is 3.85. The number of carbonyl (C=O) groups is 1. The van der Waals surface area contributed by atoms with E-state index in [0.717, 1.165) is 49.8 Å². The highest BCUT2D eigenvalue weighted by atomic mass is 32.2. The van der Waals surface area contributed by atoms with Crippen LogP contribution in [0.3, 0.4) is 0 Å². The van der Waals surface area contributed by atoms with Crippen molar-refractivity contribution < 1.29 is 4.79 Å². The Kier molecular flexibility index (Phi) is 5.28. The summed E-state index contributed by atoms with van der Waals surface area (Å²) >= 11 is 2.03. The zero-order chi connectivity index (χ0) is 15.4. The van der Waals surface area contributed by atoms with Crippen LogP contribution in [0.25, 0.3) is 0 Å². The van der Waals surface area contributed by atoms with Crippen molar-refractivity contribution in [3.63, 3.8) is 0 Å². The zero-order valence-corrected chi connectivity index (χ0v) is 14.1. The second-order valence-corrected chi connectivity index (χ2v) is 7.87. The van der Waals surface area contributed by atoms with Gasteiger partial charge in [0.2, 0.25) is 0 Å². The standard InChI is InChI=1S/C16H26N4OS/c1-2-22-14-6-5-13(10-14)19-16(21)20-9-3-4-12(11-20)15-17-7-8-18-15/h7-8,12-14H,2-6,9-11H2,1H3,(H,17,18)(H,19,21)/t12-,13+,14-/m1/s1. The number of hydrogen-bond donors (Lipinski definition) is 2. The third kappa shape index (κ3) is 3.77. The van der Waals surface area contributed by atoms with E-state index >= 15 is 0 Å². The largest absolute Gasteiger partial charge is 0.348 e. The van der Waals surface area contributed by atoms with Crippen molar-refractivity contribution in [1.82, 2.24) is 20.2 Å². The number of aromatic nitrogens is 2. The van der Waals surface area contributed by atoms with E-state index in [4.69, 9.17) is 0 Å². The van der Waals surface area contributed by atoms with E-state index in [1.807, 2.05) is 22.9 Å². The average Bonchev–Trinajstić information content (AvgIpc) is 3.20. The Bertz CT molecular complexity index is 479. The van der Waals surface area contributed by atoms with Crippen molar-refractivity contribution in [3.8, 4) is 0 Å². The molecule has 2 aliphatic rings. The van der Waals surface area contributed by atoms with Crippen LogP contribution in [-0.4, -0.2) is 51.0 Å². The summed E-state index contributed by atoms with van der Waals surface area (Å²) in [5.74, 6) is 2.53. The smallest absolute Gasteiger partial charge is 0.317 e. The molecule has 1 aliphatic carbocycles. The van der Waals surface area contributed by atoms with E-state index < -0.39 is 0 Å². The highest BCUT2D eigenvalue weighted by Crippen LogP contribution is 2.30. The van der Waals surface area contributed by atoms with Gasteiger partial charge in [0.05, 0.1) is 0 Å². The van der Waals surface area contributed by atoms with Crippen LogP contribution in [0.15, 0.2) is 12.4 Å². The number of hydrogen-bond acceptors (Lipinski definition) is 3. The molecule has 0 spiro atoms. The van der Waals surface area contributed by atoms with Crippen LogP contribution in [0, 0.1) is 0 Å². The summed E-state index contributed by atoms with van der Waals surface area (Å²) < 4.78 is 0. The monoisotopic (exact) mass is 322 g/mol. The molecule has 22 heavy (non-hydrogen) atoms. The molecule has 0 aromatic carbocycles. The Morgan fingerprint density at radius 2 is 2.41 bits per heavy atom. The van der Waals surface area contributed by atoms with Crippen LogP contribution >= 0.6 is 11.8 Å². The van der Waals surface area contributed by atoms with E-state index in [1.54, 1.807) is 6.20 Å². The van der Waals surface area contributed by atoms with Crippen molar-refractivity contribution in [2.75, 3.05) is 18.8 Å². The molecule has 2 N–H and O–H groups in total. The van der Waals surface area contributed by atoms with E-state index in [0.29, 0.717) is 12.0 Å². The first-order chi connectivity index (χ1) is 10.8. The molecule has 0 bridgehead atoms. The minimum atomic E-state index is 0.114. The van der Waals surface area contributed by atoms with Gasteiger partial charge >= 0.3 is 6.03 Å². The summed E-state index contributed by atoms with van der Waals surface area (Å²) in [4.78, 5) is 22.0. The van der Waals surface area contributed by atoms with E-state index in [2.05, 4.69) is 22.2 Å². The van der Waals surface area contributed by atoms with Gasteiger partial charge in [0.1, 0.15) is 5.82 Å². The van der Waals surface area contributed by atoms with Crippen LogP contribution in [-0.2, 0) is 0 Å². The normalized spacial score (nSPS) is 28.8. The molecule has 122 valence electrons. The molecule has 2 amide bonds. The molecule has 6 heteroatoms. The Morgan fingerprint density at radius 3 is 3.18 bits per heavy atom. The molecule has 1 saturated carbocycles. The number of thioether (sulfide) groups is 1. The summed E-state index contributed by atoms with van der Waals surface area (Å²) in [5, 5.41) is 3.98. The van der Waals surface area contributed by atoms with Crippen molar-refractivity contribution in [2.24, 2.45) is 0 Å². The fourth-order valence-corrected chi connectivity index (χ4v) is 4.75. The second-order valence-electron chi connectivity index (χ2n) is 6.30. The third-order valence-corrected chi connectivity index (χ3v) is 5.96. The van der Waals surface area contributed by atoms with E-state index in [9.17, 15) is 4.79 Å². The number of nitrogens with zero attached hydrogens (tertiary/aromatic N) is 2. The Labute approximate surface area is 136 Å². The highest BCUT2D eigenvalue weighted by Gasteiger charge is 2.30. The van der Waals surface area contributed by atoms with Crippen LogP contribution in [0.5, 0.6) is 0 Å². The maximum atomic E-state index is 12.5. The molecular formula is C16H26N4OS.